The van der Waals surface area contributed by atoms with Crippen molar-refractivity contribution in [2.75, 3.05) is 14.7 Å². The van der Waals surface area contributed by atoms with Crippen LogP contribution in [0.3, 0.4) is 0 Å². The van der Waals surface area contributed by atoms with Gasteiger partial charge in [0.05, 0.1) is 11.4 Å². The van der Waals surface area contributed by atoms with Crippen LogP contribution in [0.15, 0.2) is 249 Å². The highest BCUT2D eigenvalue weighted by Crippen LogP contribution is 2.54. The average Bonchev–Trinajstić information content (AvgIpc) is 1.81. The number of rotatable bonds is 3. The summed E-state index contributed by atoms with van der Waals surface area (Å²) < 4.78 is 28.9. The monoisotopic (exact) mass is 1060 g/mol. The van der Waals surface area contributed by atoms with Crippen LogP contribution in [0.4, 0.5) is 51.2 Å². The summed E-state index contributed by atoms with van der Waals surface area (Å²) in [6, 6.07) is 90.0. The summed E-state index contributed by atoms with van der Waals surface area (Å²) in [7, 11) is 0. The highest BCUT2D eigenvalue weighted by molar-refractivity contribution is 7.04. The van der Waals surface area contributed by atoms with Crippen molar-refractivity contribution in [1.82, 2.24) is 0 Å². The van der Waals surface area contributed by atoms with Crippen LogP contribution in [-0.2, 0) is 0 Å². The minimum atomic E-state index is -0.148. The van der Waals surface area contributed by atoms with Crippen molar-refractivity contribution in [3.05, 3.63) is 249 Å². The first-order chi connectivity index (χ1) is 41.2. The molecule has 8 heterocycles. The molecule has 8 aliphatic rings. The van der Waals surface area contributed by atoms with Crippen molar-refractivity contribution >= 4 is 144 Å². The van der Waals surface area contributed by atoms with E-state index in [9.17, 15) is 0 Å². The van der Waals surface area contributed by atoms with Crippen LogP contribution in [0, 0.1) is 0 Å². The highest BCUT2D eigenvalue weighted by Gasteiger charge is 2.53. The van der Waals surface area contributed by atoms with E-state index in [1.54, 1.807) is 0 Å². The lowest BCUT2D eigenvalue weighted by molar-refractivity contribution is 0.477. The fraction of sp³-hybridized carbons (Fsp3) is 0. The molecule has 0 N–H and O–H groups in total. The van der Waals surface area contributed by atoms with E-state index >= 15 is 0 Å². The topological polar surface area (TPSA) is 46.6 Å². The third-order valence-corrected chi connectivity index (χ3v) is 18.9. The van der Waals surface area contributed by atoms with Gasteiger partial charge in [0.25, 0.3) is 26.9 Å². The Hall–Kier alpha value is -10.5. The molecule has 0 unspecified atom stereocenters. The maximum atomic E-state index is 7.52. The maximum absolute atomic E-state index is 7.52. The summed E-state index contributed by atoms with van der Waals surface area (Å²) >= 11 is 0. The van der Waals surface area contributed by atoms with Gasteiger partial charge in [-0.05, 0) is 139 Å². The van der Waals surface area contributed by atoms with Crippen molar-refractivity contribution in [2.24, 2.45) is 0 Å². The molecule has 380 valence electrons. The van der Waals surface area contributed by atoms with E-state index in [-0.39, 0.29) is 26.9 Å². The second-order valence-electron chi connectivity index (χ2n) is 22.8. The molecule has 0 radical (unpaired) electrons. The number of para-hydroxylation sites is 8. The van der Waals surface area contributed by atoms with Crippen molar-refractivity contribution in [3.63, 3.8) is 0 Å². The maximum Gasteiger partial charge on any atom is 0.256 e. The van der Waals surface area contributed by atoms with Gasteiger partial charge in [-0.1, -0.05) is 170 Å². The molecule has 0 saturated carbocycles. The fourth-order valence-electron chi connectivity index (χ4n) is 15.7. The van der Waals surface area contributed by atoms with Gasteiger partial charge in [0.1, 0.15) is 46.0 Å². The number of nitrogens with zero attached hydrogens (tertiary/aromatic N) is 3. The molecule has 0 aromatic heterocycles. The Balaban J connectivity index is 0.776. The van der Waals surface area contributed by atoms with Crippen molar-refractivity contribution < 1.29 is 18.9 Å². The molecule has 0 saturated heterocycles. The average molecular weight is 1060 g/mol. The summed E-state index contributed by atoms with van der Waals surface area (Å²) in [6.07, 6.45) is 0. The Morgan fingerprint density at radius 3 is 1.19 bits per heavy atom. The lowest BCUT2D eigenvalue weighted by Gasteiger charge is -2.47. The van der Waals surface area contributed by atoms with Crippen LogP contribution >= 0.6 is 0 Å². The first kappa shape index (κ1) is 44.3. The van der Waals surface area contributed by atoms with Crippen molar-refractivity contribution in [3.8, 4) is 57.1 Å². The van der Waals surface area contributed by atoms with Crippen LogP contribution in [0.5, 0.6) is 46.0 Å². The number of fused-ring (bicyclic) bond motifs is 18. The zero-order valence-electron chi connectivity index (χ0n) is 44.5. The molecule has 0 aliphatic carbocycles. The molecule has 7 nitrogen and oxygen atoms in total. The number of hydrogen-bond acceptors (Lipinski definition) is 7. The van der Waals surface area contributed by atoms with E-state index in [4.69, 9.17) is 18.9 Å². The quantitative estimate of drug-likeness (QED) is 0.164. The zero-order chi connectivity index (χ0) is 53.8. The SMILES string of the molecule is c1ccc(N2c3ccccc3B3c4ccccc4Oc4c3c2c2c3c4N(c4ccc(-c5cccc6c5Oc5cccc7c5B6c5cccc6c5N7c5cccc7c5B6c5ccccc5O7)cc4)c4ccccc4B3c3ccccc3O2)cc1. The van der Waals surface area contributed by atoms with E-state index in [2.05, 4.69) is 263 Å². The van der Waals surface area contributed by atoms with Gasteiger partial charge in [-0.15, -0.1) is 0 Å². The third kappa shape index (κ3) is 5.68. The number of ether oxygens (including phenoxy) is 4. The molecule has 0 spiro atoms. The van der Waals surface area contributed by atoms with Gasteiger partial charge in [-0.3, -0.25) is 0 Å². The fourth-order valence-corrected chi connectivity index (χ4v) is 15.7. The predicted molar refractivity (Wildman–Crippen MR) is 341 cm³/mol. The molecular formula is C72H41B4N3O4. The van der Waals surface area contributed by atoms with Crippen molar-refractivity contribution in [1.29, 1.82) is 0 Å². The summed E-state index contributed by atoms with van der Waals surface area (Å²) in [6.45, 7) is -0.316. The summed E-state index contributed by atoms with van der Waals surface area (Å²) in [5.74, 6) is 6.98. The van der Waals surface area contributed by atoms with E-state index < -0.39 is 0 Å². The van der Waals surface area contributed by atoms with E-state index in [1.165, 1.54) is 43.9 Å². The van der Waals surface area contributed by atoms with Crippen LogP contribution < -0.4 is 99.2 Å². The van der Waals surface area contributed by atoms with Gasteiger partial charge in [-0.2, -0.15) is 0 Å². The molecule has 12 aromatic carbocycles. The first-order valence-electron chi connectivity index (χ1n) is 28.7. The largest absolute Gasteiger partial charge is 0.458 e. The Bertz CT molecular complexity index is 4900. The van der Waals surface area contributed by atoms with Gasteiger partial charge in [-0.25, -0.2) is 0 Å². The predicted octanol–water partition coefficient (Wildman–Crippen LogP) is 9.50. The molecule has 0 atom stereocenters. The molecule has 83 heavy (non-hydrogen) atoms. The molecule has 20 rings (SSSR count). The standard InChI is InChI=1S/C72H41B4N3O4/c1-2-18-43(19-3-1)77-54-29-9-4-21-46(54)73-49-24-7-13-35-60(49)82-72-65(73)68(77)71-66-69(72)78(55-30-10-5-22-47(55)74(66)50-25-8-12-34-59(50)81-71)44-40-38-42(39-41-44)45-20-14-28-53-70(45)83-62-37-17-32-57-64(62)76(53)52-27-15-26-51-67(52)79(57)56-31-16-36-61-63(56)75(51)48-23-6-11-33-58(48)80-61/h1-41H. The molecule has 0 amide bonds. The van der Waals surface area contributed by atoms with Gasteiger partial charge in [0.2, 0.25) is 0 Å². The van der Waals surface area contributed by atoms with Gasteiger partial charge < -0.3 is 33.6 Å². The van der Waals surface area contributed by atoms with E-state index in [0.29, 0.717) is 0 Å². The van der Waals surface area contributed by atoms with Gasteiger partial charge in [0.15, 0.2) is 0 Å². The highest BCUT2D eigenvalue weighted by atomic mass is 16.5. The Morgan fingerprint density at radius 1 is 0.229 bits per heavy atom. The van der Waals surface area contributed by atoms with Gasteiger partial charge in [0, 0.05) is 56.3 Å². The Kier molecular flexibility index (Phi) is 8.60. The van der Waals surface area contributed by atoms with Crippen LogP contribution in [-0.4, -0.2) is 26.9 Å². The van der Waals surface area contributed by atoms with Crippen molar-refractivity contribution in [2.45, 2.75) is 0 Å². The van der Waals surface area contributed by atoms with E-state index in [1.807, 2.05) is 0 Å². The van der Waals surface area contributed by atoms with E-state index in [0.717, 1.165) is 130 Å². The van der Waals surface area contributed by atoms with Crippen LogP contribution in [0.25, 0.3) is 11.1 Å². The number of anilines is 9. The molecule has 11 heteroatoms. The molecule has 0 fully saturated rings. The minimum absolute atomic E-state index is 0.0301. The number of hydrogen-bond donors (Lipinski definition) is 0. The normalized spacial score (nSPS) is 14.5. The lowest BCUT2D eigenvalue weighted by atomic mass is 9.29. The zero-order valence-corrected chi connectivity index (χ0v) is 44.5. The molecule has 0 bridgehead atoms. The lowest BCUT2D eigenvalue weighted by Crippen LogP contribution is -2.66. The Labute approximate surface area is 480 Å². The molecule has 12 aromatic rings. The number of benzene rings is 12. The smallest absolute Gasteiger partial charge is 0.256 e. The van der Waals surface area contributed by atoms with Gasteiger partial charge >= 0.3 is 0 Å². The summed E-state index contributed by atoms with van der Waals surface area (Å²) in [5.41, 5.74) is 26.0. The van der Waals surface area contributed by atoms with Crippen LogP contribution in [0.1, 0.15) is 0 Å². The summed E-state index contributed by atoms with van der Waals surface area (Å²) in [5, 5.41) is 0. The second kappa shape index (κ2) is 16.1. The molecular weight excluding hydrogens is 1010 g/mol. The van der Waals surface area contributed by atoms with Crippen LogP contribution in [0.2, 0.25) is 0 Å². The first-order valence-corrected chi connectivity index (χ1v) is 28.7. The second-order valence-corrected chi connectivity index (χ2v) is 22.8. The third-order valence-electron chi connectivity index (χ3n) is 18.9. The Morgan fingerprint density at radius 2 is 0.614 bits per heavy atom. The summed E-state index contributed by atoms with van der Waals surface area (Å²) in [4.78, 5) is 7.34. The minimum Gasteiger partial charge on any atom is -0.458 e. The molecule has 8 aliphatic heterocycles.